The molecule has 0 aliphatic rings. The smallest absolute Gasteiger partial charge is 0.189 e. The summed E-state index contributed by atoms with van der Waals surface area (Å²) >= 11 is 0. The average Bonchev–Trinajstić information content (AvgIpc) is 2.37. The number of nitrogens with zero attached hydrogens (tertiary/aromatic N) is 1. The second kappa shape index (κ2) is 8.43. The summed E-state index contributed by atoms with van der Waals surface area (Å²) in [7, 11) is 1.66. The zero-order chi connectivity index (χ0) is 15.0. The molecule has 0 aliphatic heterocycles. The first-order valence-corrected chi connectivity index (χ1v) is 6.80. The molecule has 0 fully saturated rings. The van der Waals surface area contributed by atoms with E-state index < -0.39 is 0 Å². The van der Waals surface area contributed by atoms with Gasteiger partial charge in [0.15, 0.2) is 5.96 Å². The summed E-state index contributed by atoms with van der Waals surface area (Å²) < 4.78 is 10.7. The van der Waals surface area contributed by atoms with Crippen molar-refractivity contribution < 1.29 is 9.47 Å². The van der Waals surface area contributed by atoms with Crippen molar-refractivity contribution in [2.24, 2.45) is 10.7 Å². The van der Waals surface area contributed by atoms with Crippen LogP contribution in [0, 0.1) is 6.92 Å². The molecule has 3 N–H and O–H groups in total. The monoisotopic (exact) mass is 279 g/mol. The van der Waals surface area contributed by atoms with E-state index in [0.717, 1.165) is 16.9 Å². The summed E-state index contributed by atoms with van der Waals surface area (Å²) in [5.41, 5.74) is 7.97. The van der Waals surface area contributed by atoms with Gasteiger partial charge in [-0.15, -0.1) is 0 Å². The summed E-state index contributed by atoms with van der Waals surface area (Å²) in [6.45, 7) is 7.66. The molecule has 0 aromatic heterocycles. The van der Waals surface area contributed by atoms with Gasteiger partial charge in [0.1, 0.15) is 12.4 Å². The van der Waals surface area contributed by atoms with Gasteiger partial charge in [0.05, 0.1) is 13.2 Å². The largest absolute Gasteiger partial charge is 0.491 e. The summed E-state index contributed by atoms with van der Waals surface area (Å²) in [6, 6.07) is 6.34. The highest BCUT2D eigenvalue weighted by Crippen LogP contribution is 2.21. The molecular formula is C15H25N3O2. The fraction of sp³-hybridized carbons (Fsp3) is 0.533. The minimum absolute atomic E-state index is 0.272. The van der Waals surface area contributed by atoms with Gasteiger partial charge in [0.2, 0.25) is 0 Å². The van der Waals surface area contributed by atoms with Crippen molar-refractivity contribution in [1.82, 2.24) is 5.32 Å². The molecule has 0 spiro atoms. The Morgan fingerprint density at radius 1 is 1.35 bits per heavy atom. The summed E-state index contributed by atoms with van der Waals surface area (Å²) in [5, 5.41) is 3.06. The number of aryl methyl sites for hydroxylation is 1. The van der Waals surface area contributed by atoms with Crippen molar-refractivity contribution in [3.05, 3.63) is 29.3 Å². The van der Waals surface area contributed by atoms with Gasteiger partial charge in [-0.05, 0) is 32.4 Å². The van der Waals surface area contributed by atoms with Gasteiger partial charge in [0.25, 0.3) is 0 Å². The fourth-order valence-corrected chi connectivity index (χ4v) is 1.67. The van der Waals surface area contributed by atoms with E-state index in [-0.39, 0.29) is 6.04 Å². The van der Waals surface area contributed by atoms with Crippen LogP contribution in [-0.4, -0.2) is 32.3 Å². The molecule has 0 unspecified atom stereocenters. The molecule has 1 rings (SSSR count). The van der Waals surface area contributed by atoms with Crippen LogP contribution in [0.25, 0.3) is 0 Å². The van der Waals surface area contributed by atoms with Gasteiger partial charge in [-0.3, -0.25) is 0 Å². The second-order valence-electron chi connectivity index (χ2n) is 4.95. The van der Waals surface area contributed by atoms with Gasteiger partial charge in [0, 0.05) is 18.7 Å². The van der Waals surface area contributed by atoms with E-state index in [1.807, 2.05) is 39.0 Å². The fourth-order valence-electron chi connectivity index (χ4n) is 1.67. The average molecular weight is 279 g/mol. The molecule has 5 heteroatoms. The Kier molecular flexibility index (Phi) is 6.87. The number of nitrogens with one attached hydrogen (secondary N) is 1. The van der Waals surface area contributed by atoms with Crippen LogP contribution in [0.3, 0.4) is 0 Å². The lowest BCUT2D eigenvalue weighted by Crippen LogP contribution is -2.36. The van der Waals surface area contributed by atoms with Gasteiger partial charge in [-0.1, -0.05) is 12.1 Å². The van der Waals surface area contributed by atoms with Crippen LogP contribution in [0.15, 0.2) is 23.2 Å². The topological polar surface area (TPSA) is 68.9 Å². The van der Waals surface area contributed by atoms with E-state index in [9.17, 15) is 0 Å². The molecule has 112 valence electrons. The van der Waals surface area contributed by atoms with Crippen LogP contribution in [0.2, 0.25) is 0 Å². The maximum Gasteiger partial charge on any atom is 0.189 e. The highest BCUT2D eigenvalue weighted by atomic mass is 16.5. The number of nitrogens with two attached hydrogens (primary N) is 1. The van der Waals surface area contributed by atoms with E-state index in [1.54, 1.807) is 7.11 Å². The molecule has 0 saturated heterocycles. The van der Waals surface area contributed by atoms with E-state index in [2.05, 4.69) is 10.3 Å². The molecule has 0 radical (unpaired) electrons. The predicted octanol–water partition coefficient (Wildman–Crippen LogP) is 1.83. The molecule has 0 saturated carbocycles. The minimum Gasteiger partial charge on any atom is -0.491 e. The van der Waals surface area contributed by atoms with Crippen molar-refractivity contribution in [2.45, 2.75) is 33.4 Å². The Morgan fingerprint density at radius 3 is 2.75 bits per heavy atom. The quantitative estimate of drug-likeness (QED) is 0.454. The number of guanidine groups is 1. The van der Waals surface area contributed by atoms with Crippen molar-refractivity contribution in [3.8, 4) is 5.75 Å². The highest BCUT2D eigenvalue weighted by Gasteiger charge is 2.04. The SMILES string of the molecule is COCCOc1cc(C)ccc1CN=C(N)NC(C)C. The van der Waals surface area contributed by atoms with Crippen LogP contribution in [-0.2, 0) is 11.3 Å². The first-order chi connectivity index (χ1) is 9.52. The van der Waals surface area contributed by atoms with Crippen LogP contribution in [0.4, 0.5) is 0 Å². The normalized spacial score (nSPS) is 11.8. The Balaban J connectivity index is 2.72. The van der Waals surface area contributed by atoms with Gasteiger partial charge < -0.3 is 20.5 Å². The Labute approximate surface area is 121 Å². The lowest BCUT2D eigenvalue weighted by molar-refractivity contribution is 0.146. The minimum atomic E-state index is 0.272. The molecule has 0 amide bonds. The third-order valence-electron chi connectivity index (χ3n) is 2.62. The zero-order valence-corrected chi connectivity index (χ0v) is 12.8. The van der Waals surface area contributed by atoms with Crippen molar-refractivity contribution in [1.29, 1.82) is 0 Å². The van der Waals surface area contributed by atoms with Gasteiger partial charge in [-0.2, -0.15) is 0 Å². The van der Waals surface area contributed by atoms with E-state index in [4.69, 9.17) is 15.2 Å². The number of methoxy groups -OCH3 is 1. The summed E-state index contributed by atoms with van der Waals surface area (Å²) in [4.78, 5) is 4.33. The number of benzene rings is 1. The molecule has 1 aromatic rings. The standard InChI is InChI=1S/C15H25N3O2/c1-11(2)18-15(16)17-10-13-6-5-12(3)9-14(13)20-8-7-19-4/h5-6,9,11H,7-8,10H2,1-4H3,(H3,16,17,18). The van der Waals surface area contributed by atoms with Crippen LogP contribution < -0.4 is 15.8 Å². The predicted molar refractivity (Wildman–Crippen MR) is 82.1 cm³/mol. The number of hydrogen-bond donors (Lipinski definition) is 2. The van der Waals surface area contributed by atoms with Crippen LogP contribution >= 0.6 is 0 Å². The molecule has 0 bridgehead atoms. The van der Waals surface area contributed by atoms with Crippen LogP contribution in [0.5, 0.6) is 5.75 Å². The molecule has 20 heavy (non-hydrogen) atoms. The molecule has 5 nitrogen and oxygen atoms in total. The molecule has 0 heterocycles. The van der Waals surface area contributed by atoms with E-state index in [1.165, 1.54) is 0 Å². The third kappa shape index (κ3) is 5.93. The summed E-state index contributed by atoms with van der Waals surface area (Å²) in [5.74, 6) is 1.28. The van der Waals surface area contributed by atoms with Crippen molar-refractivity contribution >= 4 is 5.96 Å². The number of ether oxygens (including phenoxy) is 2. The molecular weight excluding hydrogens is 254 g/mol. The highest BCUT2D eigenvalue weighted by molar-refractivity contribution is 5.78. The maximum absolute atomic E-state index is 5.80. The number of hydrogen-bond acceptors (Lipinski definition) is 3. The molecule has 1 aromatic carbocycles. The summed E-state index contributed by atoms with van der Waals surface area (Å²) in [6.07, 6.45) is 0. The Hall–Kier alpha value is -1.75. The van der Waals surface area contributed by atoms with Crippen LogP contribution in [0.1, 0.15) is 25.0 Å². The van der Waals surface area contributed by atoms with E-state index >= 15 is 0 Å². The molecule has 0 aliphatic carbocycles. The van der Waals surface area contributed by atoms with Gasteiger partial charge >= 0.3 is 0 Å². The number of aliphatic imine (C=N–C) groups is 1. The first-order valence-electron chi connectivity index (χ1n) is 6.80. The molecule has 0 atom stereocenters. The lowest BCUT2D eigenvalue weighted by atomic mass is 10.1. The maximum atomic E-state index is 5.80. The van der Waals surface area contributed by atoms with E-state index in [0.29, 0.717) is 25.7 Å². The van der Waals surface area contributed by atoms with Crippen molar-refractivity contribution in [2.75, 3.05) is 20.3 Å². The lowest BCUT2D eigenvalue weighted by Gasteiger charge is -2.12. The number of rotatable bonds is 7. The van der Waals surface area contributed by atoms with Crippen molar-refractivity contribution in [3.63, 3.8) is 0 Å². The Morgan fingerprint density at radius 2 is 2.10 bits per heavy atom. The zero-order valence-electron chi connectivity index (χ0n) is 12.8. The van der Waals surface area contributed by atoms with Gasteiger partial charge in [-0.25, -0.2) is 4.99 Å². The third-order valence-corrected chi connectivity index (χ3v) is 2.62. The second-order valence-corrected chi connectivity index (χ2v) is 4.95. The first kappa shape index (κ1) is 16.3. The Bertz CT molecular complexity index is 445.